The largest absolute Gasteiger partial charge is 0.459 e. The summed E-state index contributed by atoms with van der Waals surface area (Å²) < 4.78 is 22.5. The number of esters is 3. The van der Waals surface area contributed by atoms with Gasteiger partial charge in [-0.2, -0.15) is 0 Å². The summed E-state index contributed by atoms with van der Waals surface area (Å²) in [6, 6.07) is 23.6. The number of hydrogen-bond acceptors (Lipinski definition) is 8. The Kier molecular flexibility index (Phi) is 8.11. The topological polar surface area (TPSA) is 143 Å². The molecule has 1 heterocycles. The first-order valence-corrected chi connectivity index (χ1v) is 11.4. The fourth-order valence-corrected chi connectivity index (χ4v) is 3.74. The Bertz CT molecular complexity index is 1240. The van der Waals surface area contributed by atoms with E-state index in [2.05, 4.69) is 5.32 Å². The molecule has 3 aromatic carbocycles. The molecule has 4 atom stereocenters. The van der Waals surface area contributed by atoms with Gasteiger partial charge in [-0.05, 0) is 36.4 Å². The first-order valence-electron chi connectivity index (χ1n) is 11.4. The minimum absolute atomic E-state index is 0.229. The van der Waals surface area contributed by atoms with Crippen molar-refractivity contribution in [2.24, 2.45) is 5.73 Å². The molecule has 0 aliphatic carbocycles. The molecule has 0 spiro atoms. The Balaban J connectivity index is 1.58. The van der Waals surface area contributed by atoms with Crippen LogP contribution in [0.1, 0.15) is 31.1 Å². The number of nitrogens with one attached hydrogen (secondary N) is 1. The van der Waals surface area contributed by atoms with E-state index in [1.165, 1.54) is 0 Å². The van der Waals surface area contributed by atoms with Gasteiger partial charge in [0.15, 0.2) is 18.4 Å². The van der Waals surface area contributed by atoms with Crippen LogP contribution >= 0.6 is 0 Å². The standard InChI is InChI=1S/C27H24N2O8/c28-27(33)29-23-22(37-26(32)19-14-8-3-9-15-19)21(36-25(31)18-12-6-2-7-13-18)20(35-23)16-34-24(30)17-10-4-1-5-11-17/h1-15,20-23H,16H2,(H3,28,29,33)/t20-,21-,22-,23+/m0/s1. The average molecular weight is 504 g/mol. The summed E-state index contributed by atoms with van der Waals surface area (Å²) in [5, 5.41) is 2.35. The van der Waals surface area contributed by atoms with Crippen molar-refractivity contribution in [3.63, 3.8) is 0 Å². The summed E-state index contributed by atoms with van der Waals surface area (Å²) in [4.78, 5) is 49.9. The zero-order chi connectivity index (χ0) is 26.2. The highest BCUT2D eigenvalue weighted by atomic mass is 16.7. The van der Waals surface area contributed by atoms with Gasteiger partial charge >= 0.3 is 23.9 Å². The fourth-order valence-electron chi connectivity index (χ4n) is 3.74. The Hall–Kier alpha value is -4.70. The maximum Gasteiger partial charge on any atom is 0.338 e. The second-order valence-electron chi connectivity index (χ2n) is 8.04. The van der Waals surface area contributed by atoms with E-state index in [0.717, 1.165) is 0 Å². The quantitative estimate of drug-likeness (QED) is 0.352. The van der Waals surface area contributed by atoms with Crippen molar-refractivity contribution in [2.75, 3.05) is 6.61 Å². The minimum Gasteiger partial charge on any atom is -0.459 e. The molecule has 1 fully saturated rings. The zero-order valence-corrected chi connectivity index (χ0v) is 19.5. The molecule has 2 amide bonds. The summed E-state index contributed by atoms with van der Waals surface area (Å²) in [5.41, 5.74) is 6.06. The van der Waals surface area contributed by atoms with Crippen molar-refractivity contribution in [1.82, 2.24) is 5.32 Å². The third kappa shape index (κ3) is 6.50. The van der Waals surface area contributed by atoms with Crippen LogP contribution in [0.25, 0.3) is 0 Å². The van der Waals surface area contributed by atoms with Gasteiger partial charge in [0.2, 0.25) is 0 Å². The summed E-state index contributed by atoms with van der Waals surface area (Å²) in [6.07, 6.45) is -4.92. The van der Waals surface area contributed by atoms with E-state index in [1.807, 2.05) is 0 Å². The second-order valence-corrected chi connectivity index (χ2v) is 8.04. The van der Waals surface area contributed by atoms with Crippen LogP contribution in [-0.4, -0.2) is 55.1 Å². The van der Waals surface area contributed by atoms with Gasteiger partial charge in [-0.1, -0.05) is 54.6 Å². The lowest BCUT2D eigenvalue weighted by Gasteiger charge is -2.24. The van der Waals surface area contributed by atoms with Crippen LogP contribution in [-0.2, 0) is 18.9 Å². The first-order chi connectivity index (χ1) is 17.9. The van der Waals surface area contributed by atoms with E-state index in [4.69, 9.17) is 24.7 Å². The SMILES string of the molecule is NC(=O)N[C@@H]1O[C@@H](COC(=O)c2ccccc2)[C@H](OC(=O)c2ccccc2)[C@@H]1OC(=O)c1ccccc1. The van der Waals surface area contributed by atoms with Crippen LogP contribution in [0.4, 0.5) is 4.79 Å². The van der Waals surface area contributed by atoms with Gasteiger partial charge in [-0.15, -0.1) is 0 Å². The number of nitrogens with two attached hydrogens (primary N) is 1. The molecule has 3 N–H and O–H groups in total. The van der Waals surface area contributed by atoms with Crippen molar-refractivity contribution < 1.29 is 38.1 Å². The lowest BCUT2D eigenvalue weighted by molar-refractivity contribution is -0.0461. The molecule has 1 aliphatic heterocycles. The third-order valence-electron chi connectivity index (χ3n) is 5.49. The monoisotopic (exact) mass is 504 g/mol. The number of amides is 2. The van der Waals surface area contributed by atoms with Crippen LogP contribution in [0, 0.1) is 0 Å². The average Bonchev–Trinajstić information content (AvgIpc) is 3.23. The van der Waals surface area contributed by atoms with E-state index < -0.39 is 48.5 Å². The molecule has 1 saturated heterocycles. The van der Waals surface area contributed by atoms with Crippen LogP contribution < -0.4 is 11.1 Å². The molecular formula is C27H24N2O8. The Morgan fingerprint density at radius 1 is 0.676 bits per heavy atom. The van der Waals surface area contributed by atoms with E-state index in [0.29, 0.717) is 5.56 Å². The predicted molar refractivity (Wildman–Crippen MR) is 129 cm³/mol. The van der Waals surface area contributed by atoms with E-state index >= 15 is 0 Å². The number of ether oxygens (including phenoxy) is 4. The molecule has 0 bridgehead atoms. The molecule has 37 heavy (non-hydrogen) atoms. The highest BCUT2D eigenvalue weighted by molar-refractivity contribution is 5.91. The molecule has 3 aromatic rings. The molecular weight excluding hydrogens is 480 g/mol. The molecule has 0 unspecified atom stereocenters. The third-order valence-corrected chi connectivity index (χ3v) is 5.49. The van der Waals surface area contributed by atoms with Gasteiger partial charge in [-0.3, -0.25) is 0 Å². The molecule has 190 valence electrons. The van der Waals surface area contributed by atoms with Crippen LogP contribution in [0.2, 0.25) is 0 Å². The van der Waals surface area contributed by atoms with Crippen molar-refractivity contribution in [1.29, 1.82) is 0 Å². The lowest BCUT2D eigenvalue weighted by atomic mass is 10.1. The number of primary amides is 1. The van der Waals surface area contributed by atoms with Crippen LogP contribution in [0.15, 0.2) is 91.0 Å². The van der Waals surface area contributed by atoms with E-state index in [-0.39, 0.29) is 17.7 Å². The van der Waals surface area contributed by atoms with Crippen molar-refractivity contribution >= 4 is 23.9 Å². The van der Waals surface area contributed by atoms with Crippen LogP contribution in [0.3, 0.4) is 0 Å². The number of benzene rings is 3. The highest BCUT2D eigenvalue weighted by Crippen LogP contribution is 2.28. The number of rotatable bonds is 8. The van der Waals surface area contributed by atoms with Gasteiger partial charge in [0.25, 0.3) is 0 Å². The summed E-state index contributed by atoms with van der Waals surface area (Å²) in [6.45, 7) is -0.364. The van der Waals surface area contributed by atoms with Gasteiger partial charge < -0.3 is 30.0 Å². The number of carbonyl (C=O) groups excluding carboxylic acids is 4. The van der Waals surface area contributed by atoms with Crippen molar-refractivity contribution in [2.45, 2.75) is 24.5 Å². The molecule has 0 saturated carbocycles. The normalized spacial score (nSPS) is 20.4. The molecule has 0 aromatic heterocycles. The number of urea groups is 1. The zero-order valence-electron chi connectivity index (χ0n) is 19.5. The molecule has 0 radical (unpaired) electrons. The molecule has 1 aliphatic rings. The predicted octanol–water partition coefficient (Wildman–Crippen LogP) is 2.69. The molecule has 10 nitrogen and oxygen atoms in total. The van der Waals surface area contributed by atoms with Crippen molar-refractivity contribution in [3.05, 3.63) is 108 Å². The smallest absolute Gasteiger partial charge is 0.338 e. The van der Waals surface area contributed by atoms with E-state index in [1.54, 1.807) is 91.0 Å². The summed E-state index contributed by atoms with van der Waals surface area (Å²) in [5.74, 6) is -2.11. The van der Waals surface area contributed by atoms with Crippen LogP contribution in [0.5, 0.6) is 0 Å². The van der Waals surface area contributed by atoms with Gasteiger partial charge in [0.05, 0.1) is 16.7 Å². The fraction of sp³-hybridized carbons (Fsp3) is 0.185. The van der Waals surface area contributed by atoms with Gasteiger partial charge in [0.1, 0.15) is 12.7 Å². The summed E-state index contributed by atoms with van der Waals surface area (Å²) in [7, 11) is 0. The lowest BCUT2D eigenvalue weighted by Crippen LogP contribution is -2.49. The molecule has 10 heteroatoms. The Morgan fingerprint density at radius 3 is 1.57 bits per heavy atom. The van der Waals surface area contributed by atoms with Gasteiger partial charge in [-0.25, -0.2) is 19.2 Å². The van der Waals surface area contributed by atoms with Crippen molar-refractivity contribution in [3.8, 4) is 0 Å². The number of carbonyl (C=O) groups is 4. The molecule has 4 rings (SSSR count). The summed E-state index contributed by atoms with van der Waals surface area (Å²) >= 11 is 0. The maximum absolute atomic E-state index is 12.9. The first kappa shape index (κ1) is 25.4. The Labute approximate surface area is 212 Å². The number of hydrogen-bond donors (Lipinski definition) is 2. The van der Waals surface area contributed by atoms with E-state index in [9.17, 15) is 19.2 Å². The second kappa shape index (κ2) is 11.8. The minimum atomic E-state index is -1.30. The van der Waals surface area contributed by atoms with Gasteiger partial charge in [0, 0.05) is 0 Å². The maximum atomic E-state index is 12.9. The Morgan fingerprint density at radius 2 is 1.11 bits per heavy atom. The highest BCUT2D eigenvalue weighted by Gasteiger charge is 2.51.